The maximum absolute atomic E-state index is 13.4. The number of carbonyl (C=O) groups is 2. The van der Waals surface area contributed by atoms with Crippen LogP contribution in [0.1, 0.15) is 16.7 Å². The number of nitrogens with one attached hydrogen (secondary N) is 1. The number of likely N-dealkylation sites (N-methyl/N-ethyl adjacent to an activating group) is 1. The molecule has 178 valence electrons. The highest BCUT2D eigenvalue weighted by molar-refractivity contribution is 7.99. The average Bonchev–Trinajstić information content (AvgIpc) is 2.86. The first-order valence-corrected chi connectivity index (χ1v) is 12.5. The van der Waals surface area contributed by atoms with Gasteiger partial charge in [0.05, 0.1) is 12.9 Å². The number of carbonyl (C=O) groups excluding carboxylic acids is 2. The van der Waals surface area contributed by atoms with Crippen LogP contribution in [0.3, 0.4) is 0 Å². The summed E-state index contributed by atoms with van der Waals surface area (Å²) in [5.41, 5.74) is 2.97. The van der Waals surface area contributed by atoms with Gasteiger partial charge in [-0.05, 0) is 41.0 Å². The van der Waals surface area contributed by atoms with Crippen LogP contribution < -0.4 is 10.1 Å². The van der Waals surface area contributed by atoms with Crippen molar-refractivity contribution >= 4 is 35.2 Å². The van der Waals surface area contributed by atoms with E-state index in [0.29, 0.717) is 23.7 Å². The van der Waals surface area contributed by atoms with E-state index in [1.54, 1.807) is 25.1 Å². The maximum atomic E-state index is 13.4. The van der Waals surface area contributed by atoms with Crippen LogP contribution in [0, 0.1) is 0 Å². The van der Waals surface area contributed by atoms with E-state index in [4.69, 9.17) is 16.3 Å². The molecule has 2 amide bonds. The van der Waals surface area contributed by atoms with Gasteiger partial charge < -0.3 is 15.0 Å². The third-order valence-electron chi connectivity index (χ3n) is 5.41. The Morgan fingerprint density at radius 2 is 1.68 bits per heavy atom. The van der Waals surface area contributed by atoms with E-state index >= 15 is 0 Å². The van der Waals surface area contributed by atoms with Gasteiger partial charge in [-0.25, -0.2) is 0 Å². The smallest absolute Gasteiger partial charge is 0.242 e. The molecule has 0 bridgehead atoms. The quantitative estimate of drug-likeness (QED) is 0.407. The SMILES string of the molecule is CNC(=O)[C@H](Cc1ccccc1)N(Cc1cccc(Cl)c1)C(=O)CSCc1ccc(OC)cc1. The molecule has 0 aliphatic carbocycles. The molecule has 3 aromatic carbocycles. The lowest BCUT2D eigenvalue weighted by molar-refractivity contribution is -0.139. The van der Waals surface area contributed by atoms with Crippen LogP contribution in [0.25, 0.3) is 0 Å². The van der Waals surface area contributed by atoms with Crippen LogP contribution in [0.2, 0.25) is 5.02 Å². The lowest BCUT2D eigenvalue weighted by Gasteiger charge is -2.31. The maximum Gasteiger partial charge on any atom is 0.242 e. The molecule has 0 aliphatic heterocycles. The van der Waals surface area contributed by atoms with Gasteiger partial charge in [0.1, 0.15) is 11.8 Å². The number of nitrogens with zero attached hydrogens (tertiary/aromatic N) is 1. The lowest BCUT2D eigenvalue weighted by Crippen LogP contribution is -2.50. The van der Waals surface area contributed by atoms with Crippen molar-refractivity contribution in [1.29, 1.82) is 0 Å². The standard InChI is InChI=1S/C27H29ClN2O3S/c1-29-27(32)25(16-20-7-4-3-5-8-20)30(17-22-9-6-10-23(28)15-22)26(31)19-34-18-21-11-13-24(33-2)14-12-21/h3-15,25H,16-19H2,1-2H3,(H,29,32)/t25-/m0/s1. The number of hydrogen-bond acceptors (Lipinski definition) is 4. The zero-order chi connectivity index (χ0) is 24.3. The van der Waals surface area contributed by atoms with Crippen molar-refractivity contribution in [2.75, 3.05) is 19.9 Å². The first kappa shape index (κ1) is 25.7. The van der Waals surface area contributed by atoms with Crippen LogP contribution >= 0.6 is 23.4 Å². The van der Waals surface area contributed by atoms with Gasteiger partial charge >= 0.3 is 0 Å². The van der Waals surface area contributed by atoms with E-state index in [9.17, 15) is 9.59 Å². The summed E-state index contributed by atoms with van der Waals surface area (Å²) in [4.78, 5) is 28.0. The summed E-state index contributed by atoms with van der Waals surface area (Å²) in [7, 11) is 3.23. The fraction of sp³-hybridized carbons (Fsp3) is 0.259. The monoisotopic (exact) mass is 496 g/mol. The molecule has 1 N–H and O–H groups in total. The highest BCUT2D eigenvalue weighted by Gasteiger charge is 2.29. The van der Waals surface area contributed by atoms with Crippen LogP contribution in [-0.4, -0.2) is 42.7 Å². The predicted octanol–water partition coefficient (Wildman–Crippen LogP) is 4.97. The Bertz CT molecular complexity index is 1080. The Hall–Kier alpha value is -2.96. The van der Waals surface area contributed by atoms with Gasteiger partial charge in [-0.3, -0.25) is 9.59 Å². The lowest BCUT2D eigenvalue weighted by atomic mass is 10.0. The number of rotatable bonds is 11. The van der Waals surface area contributed by atoms with Gasteiger partial charge in [-0.2, -0.15) is 0 Å². The Morgan fingerprint density at radius 1 is 0.971 bits per heavy atom. The molecular weight excluding hydrogens is 468 g/mol. The van der Waals surface area contributed by atoms with E-state index < -0.39 is 6.04 Å². The molecule has 1 atom stereocenters. The van der Waals surface area contributed by atoms with Crippen molar-refractivity contribution in [3.63, 3.8) is 0 Å². The van der Waals surface area contributed by atoms with Gasteiger partial charge in [0, 0.05) is 30.8 Å². The fourth-order valence-corrected chi connectivity index (χ4v) is 4.70. The summed E-state index contributed by atoms with van der Waals surface area (Å²) >= 11 is 7.71. The largest absolute Gasteiger partial charge is 0.497 e. The third-order valence-corrected chi connectivity index (χ3v) is 6.64. The van der Waals surface area contributed by atoms with E-state index in [1.807, 2.05) is 72.8 Å². The fourth-order valence-electron chi connectivity index (χ4n) is 3.61. The summed E-state index contributed by atoms with van der Waals surface area (Å²) in [5, 5.41) is 3.33. The second kappa shape index (κ2) is 13.1. The molecular formula is C27H29ClN2O3S. The molecule has 0 spiro atoms. The molecule has 0 heterocycles. The van der Waals surface area contributed by atoms with Crippen molar-refractivity contribution in [2.45, 2.75) is 24.8 Å². The van der Waals surface area contributed by atoms with Gasteiger partial charge in [0.15, 0.2) is 0 Å². The van der Waals surface area contributed by atoms with Gasteiger partial charge in [0.2, 0.25) is 11.8 Å². The Morgan fingerprint density at radius 3 is 2.32 bits per heavy atom. The zero-order valence-electron chi connectivity index (χ0n) is 19.4. The Kier molecular flexibility index (Phi) is 9.86. The van der Waals surface area contributed by atoms with E-state index in [-0.39, 0.29) is 17.6 Å². The minimum Gasteiger partial charge on any atom is -0.497 e. The van der Waals surface area contributed by atoms with Crippen molar-refractivity contribution in [2.24, 2.45) is 0 Å². The summed E-state index contributed by atoms with van der Waals surface area (Å²) < 4.78 is 5.20. The number of amides is 2. The third kappa shape index (κ3) is 7.54. The molecule has 3 aromatic rings. The molecule has 0 saturated heterocycles. The number of methoxy groups -OCH3 is 1. The van der Waals surface area contributed by atoms with Crippen LogP contribution in [-0.2, 0) is 28.3 Å². The van der Waals surface area contributed by atoms with Crippen LogP contribution in [0.15, 0.2) is 78.9 Å². The molecule has 7 heteroatoms. The van der Waals surface area contributed by atoms with Crippen molar-refractivity contribution in [1.82, 2.24) is 10.2 Å². The minimum absolute atomic E-state index is 0.0944. The highest BCUT2D eigenvalue weighted by atomic mass is 35.5. The number of ether oxygens (including phenoxy) is 1. The summed E-state index contributed by atoms with van der Waals surface area (Å²) in [5.74, 6) is 1.45. The summed E-state index contributed by atoms with van der Waals surface area (Å²) in [6, 6.07) is 24.3. The number of benzene rings is 3. The first-order chi connectivity index (χ1) is 16.5. The highest BCUT2D eigenvalue weighted by Crippen LogP contribution is 2.21. The van der Waals surface area contributed by atoms with E-state index in [0.717, 1.165) is 22.4 Å². The molecule has 34 heavy (non-hydrogen) atoms. The Balaban J connectivity index is 1.78. The molecule has 0 unspecified atom stereocenters. The summed E-state index contributed by atoms with van der Waals surface area (Å²) in [6.07, 6.45) is 0.427. The normalized spacial score (nSPS) is 11.5. The molecule has 0 aromatic heterocycles. The van der Waals surface area contributed by atoms with Crippen LogP contribution in [0.5, 0.6) is 5.75 Å². The van der Waals surface area contributed by atoms with E-state index in [1.165, 1.54) is 11.8 Å². The van der Waals surface area contributed by atoms with Crippen molar-refractivity contribution < 1.29 is 14.3 Å². The second-order valence-electron chi connectivity index (χ2n) is 7.81. The topological polar surface area (TPSA) is 58.6 Å². The second-order valence-corrected chi connectivity index (χ2v) is 9.23. The van der Waals surface area contributed by atoms with Gasteiger partial charge in [-0.15, -0.1) is 11.8 Å². The van der Waals surface area contributed by atoms with Gasteiger partial charge in [0.25, 0.3) is 0 Å². The van der Waals surface area contributed by atoms with E-state index in [2.05, 4.69) is 5.32 Å². The molecule has 0 saturated carbocycles. The Labute approximate surface area is 210 Å². The first-order valence-electron chi connectivity index (χ1n) is 11.0. The van der Waals surface area contributed by atoms with Crippen molar-refractivity contribution in [3.05, 3.63) is 101 Å². The zero-order valence-corrected chi connectivity index (χ0v) is 20.9. The predicted molar refractivity (Wildman–Crippen MR) is 139 cm³/mol. The number of halogens is 1. The van der Waals surface area contributed by atoms with Crippen LogP contribution in [0.4, 0.5) is 0 Å². The molecule has 0 aliphatic rings. The molecule has 0 fully saturated rings. The van der Waals surface area contributed by atoms with Gasteiger partial charge in [-0.1, -0.05) is 66.2 Å². The number of hydrogen-bond donors (Lipinski definition) is 1. The summed E-state index contributed by atoms with van der Waals surface area (Å²) in [6.45, 7) is 0.299. The molecule has 0 radical (unpaired) electrons. The number of thioether (sulfide) groups is 1. The minimum atomic E-state index is -0.638. The van der Waals surface area contributed by atoms with Crippen molar-refractivity contribution in [3.8, 4) is 5.75 Å². The molecule has 5 nitrogen and oxygen atoms in total. The average molecular weight is 497 g/mol. The molecule has 3 rings (SSSR count).